The molecule has 1 aliphatic carbocycles. The van der Waals surface area contributed by atoms with E-state index in [1.54, 1.807) is 0 Å². The molecule has 0 unspecified atom stereocenters. The van der Waals surface area contributed by atoms with E-state index in [1.165, 1.54) is 0 Å². The van der Waals surface area contributed by atoms with Crippen molar-refractivity contribution in [2.24, 2.45) is 11.8 Å². The number of ether oxygens (including phenoxy) is 2. The number of aliphatic hydroxyl groups is 1. The summed E-state index contributed by atoms with van der Waals surface area (Å²) in [6.07, 6.45) is 1.13. The summed E-state index contributed by atoms with van der Waals surface area (Å²) >= 11 is 0. The summed E-state index contributed by atoms with van der Waals surface area (Å²) in [7, 11) is 0. The van der Waals surface area contributed by atoms with Crippen LogP contribution in [0.15, 0.2) is 54.6 Å². The predicted molar refractivity (Wildman–Crippen MR) is 104 cm³/mol. The van der Waals surface area contributed by atoms with Crippen molar-refractivity contribution in [2.45, 2.75) is 31.7 Å². The number of halogens is 1. The number of benzene rings is 2. The average Bonchev–Trinajstić information content (AvgIpc) is 3.09. The minimum atomic E-state index is -0.414. The highest BCUT2D eigenvalue weighted by molar-refractivity contribution is 5.85. The minimum absolute atomic E-state index is 0. The zero-order valence-corrected chi connectivity index (χ0v) is 15.5. The lowest BCUT2D eigenvalue weighted by Gasteiger charge is -2.35. The Balaban J connectivity index is 0.00000196. The van der Waals surface area contributed by atoms with E-state index in [9.17, 15) is 5.11 Å². The summed E-state index contributed by atoms with van der Waals surface area (Å²) in [5.41, 5.74) is 1.12. The molecule has 0 spiro atoms. The van der Waals surface area contributed by atoms with Crippen molar-refractivity contribution in [3.63, 3.8) is 0 Å². The molecule has 140 valence electrons. The molecule has 2 aromatic carbocycles. The minimum Gasteiger partial charge on any atom is -0.485 e. The number of aliphatic hydroxyl groups excluding tert-OH is 1. The molecule has 1 saturated carbocycles. The van der Waals surface area contributed by atoms with E-state index in [0.29, 0.717) is 24.2 Å². The molecule has 26 heavy (non-hydrogen) atoms. The standard InChI is InChI=1S/C21H25NO3.ClH/c23-18-10-16-12-22-13-17(16)11-21(18)25-20-9-5-4-8-19(20)24-14-15-6-2-1-3-7-15;/h1-9,16-18,21-23H,10-14H2;1H/t16-,17+,18+,21+;/m0./s1. The van der Waals surface area contributed by atoms with Crippen LogP contribution in [-0.4, -0.2) is 30.4 Å². The van der Waals surface area contributed by atoms with Gasteiger partial charge in [-0.15, -0.1) is 12.4 Å². The van der Waals surface area contributed by atoms with Gasteiger partial charge in [-0.25, -0.2) is 0 Å². The zero-order chi connectivity index (χ0) is 17.1. The van der Waals surface area contributed by atoms with Crippen LogP contribution in [0.3, 0.4) is 0 Å². The van der Waals surface area contributed by atoms with Gasteiger partial charge in [0.1, 0.15) is 12.7 Å². The molecule has 0 amide bonds. The normalized spacial score (nSPS) is 27.3. The van der Waals surface area contributed by atoms with Crippen LogP contribution in [0.25, 0.3) is 0 Å². The SMILES string of the molecule is Cl.O[C@@H]1C[C@H]2CNC[C@H]2C[C@H]1Oc1ccccc1OCc1ccccc1. The third kappa shape index (κ3) is 4.32. The van der Waals surface area contributed by atoms with Gasteiger partial charge in [-0.2, -0.15) is 0 Å². The Morgan fingerprint density at radius 1 is 0.885 bits per heavy atom. The fourth-order valence-electron chi connectivity index (χ4n) is 3.95. The van der Waals surface area contributed by atoms with Crippen LogP contribution in [0.4, 0.5) is 0 Å². The van der Waals surface area contributed by atoms with E-state index in [1.807, 2.05) is 54.6 Å². The first-order chi connectivity index (χ1) is 12.3. The Hall–Kier alpha value is -1.75. The predicted octanol–water partition coefficient (Wildman–Crippen LogP) is 3.43. The van der Waals surface area contributed by atoms with Gasteiger partial charge in [-0.1, -0.05) is 42.5 Å². The number of hydrogen-bond donors (Lipinski definition) is 2. The molecular formula is C21H26ClNO3. The van der Waals surface area contributed by atoms with Crippen LogP contribution in [0, 0.1) is 11.8 Å². The van der Waals surface area contributed by atoms with Gasteiger partial charge in [0.2, 0.25) is 0 Å². The van der Waals surface area contributed by atoms with Gasteiger partial charge in [0, 0.05) is 0 Å². The molecule has 1 aliphatic heterocycles. The summed E-state index contributed by atoms with van der Waals surface area (Å²) in [5.74, 6) is 2.63. The maximum absolute atomic E-state index is 10.5. The lowest BCUT2D eigenvalue weighted by atomic mass is 9.78. The molecule has 0 aromatic heterocycles. The molecule has 4 nitrogen and oxygen atoms in total. The molecule has 0 bridgehead atoms. The average molecular weight is 376 g/mol. The van der Waals surface area contributed by atoms with Crippen LogP contribution in [-0.2, 0) is 6.61 Å². The molecular weight excluding hydrogens is 350 g/mol. The second kappa shape index (κ2) is 8.76. The molecule has 5 heteroatoms. The third-order valence-electron chi connectivity index (χ3n) is 5.35. The second-order valence-electron chi connectivity index (χ2n) is 7.09. The lowest BCUT2D eigenvalue weighted by Crippen LogP contribution is -2.42. The maximum atomic E-state index is 10.5. The van der Waals surface area contributed by atoms with Crippen LogP contribution >= 0.6 is 12.4 Å². The van der Waals surface area contributed by atoms with E-state index < -0.39 is 6.10 Å². The summed E-state index contributed by atoms with van der Waals surface area (Å²) in [4.78, 5) is 0. The summed E-state index contributed by atoms with van der Waals surface area (Å²) in [6, 6.07) is 17.8. The van der Waals surface area contributed by atoms with Gasteiger partial charge in [0.05, 0.1) is 6.10 Å². The van der Waals surface area contributed by atoms with E-state index in [-0.39, 0.29) is 18.5 Å². The fourth-order valence-corrected chi connectivity index (χ4v) is 3.95. The first-order valence-electron chi connectivity index (χ1n) is 9.11. The monoisotopic (exact) mass is 375 g/mol. The van der Waals surface area contributed by atoms with Crippen molar-refractivity contribution in [1.29, 1.82) is 0 Å². The van der Waals surface area contributed by atoms with Crippen molar-refractivity contribution in [3.8, 4) is 11.5 Å². The molecule has 1 saturated heterocycles. The Kier molecular flexibility index (Phi) is 6.41. The second-order valence-corrected chi connectivity index (χ2v) is 7.09. The number of fused-ring (bicyclic) bond motifs is 1. The van der Waals surface area contributed by atoms with E-state index in [0.717, 1.165) is 37.2 Å². The quantitative estimate of drug-likeness (QED) is 0.840. The van der Waals surface area contributed by atoms with Crippen LogP contribution < -0.4 is 14.8 Å². The topological polar surface area (TPSA) is 50.7 Å². The summed E-state index contributed by atoms with van der Waals surface area (Å²) in [6.45, 7) is 2.55. The van der Waals surface area contributed by atoms with E-state index >= 15 is 0 Å². The van der Waals surface area contributed by atoms with Gasteiger partial charge in [0.25, 0.3) is 0 Å². The first-order valence-corrected chi connectivity index (χ1v) is 9.11. The Morgan fingerprint density at radius 3 is 2.31 bits per heavy atom. The van der Waals surface area contributed by atoms with Gasteiger partial charge in [0.15, 0.2) is 11.5 Å². The van der Waals surface area contributed by atoms with Crippen LogP contribution in [0.1, 0.15) is 18.4 Å². The molecule has 2 N–H and O–H groups in total. The molecule has 1 heterocycles. The molecule has 2 aromatic rings. The van der Waals surface area contributed by atoms with Crippen molar-refractivity contribution in [3.05, 3.63) is 60.2 Å². The Bertz CT molecular complexity index is 697. The third-order valence-corrected chi connectivity index (χ3v) is 5.35. The smallest absolute Gasteiger partial charge is 0.161 e. The van der Waals surface area contributed by atoms with E-state index in [2.05, 4.69) is 5.32 Å². The molecule has 0 radical (unpaired) electrons. The first kappa shape index (κ1) is 19.0. The van der Waals surface area contributed by atoms with Crippen molar-refractivity contribution in [2.75, 3.05) is 13.1 Å². The maximum Gasteiger partial charge on any atom is 0.161 e. The zero-order valence-electron chi connectivity index (χ0n) is 14.7. The van der Waals surface area contributed by atoms with E-state index in [4.69, 9.17) is 9.47 Å². The van der Waals surface area contributed by atoms with Gasteiger partial charge < -0.3 is 19.9 Å². The van der Waals surface area contributed by atoms with Crippen LogP contribution in [0.2, 0.25) is 0 Å². The number of nitrogens with one attached hydrogen (secondary N) is 1. The lowest BCUT2D eigenvalue weighted by molar-refractivity contribution is -0.0243. The Morgan fingerprint density at radius 2 is 1.54 bits per heavy atom. The molecule has 4 rings (SSSR count). The van der Waals surface area contributed by atoms with Gasteiger partial charge >= 0.3 is 0 Å². The number of hydrogen-bond acceptors (Lipinski definition) is 4. The van der Waals surface area contributed by atoms with Crippen LogP contribution in [0.5, 0.6) is 11.5 Å². The number of rotatable bonds is 5. The summed E-state index contributed by atoms with van der Waals surface area (Å²) in [5, 5.41) is 13.9. The Labute approximate surface area is 160 Å². The van der Waals surface area contributed by atoms with Crippen molar-refractivity contribution in [1.82, 2.24) is 5.32 Å². The highest BCUT2D eigenvalue weighted by Crippen LogP contribution is 2.37. The fraction of sp³-hybridized carbons (Fsp3) is 0.429. The van der Waals surface area contributed by atoms with Gasteiger partial charge in [-0.3, -0.25) is 0 Å². The number of para-hydroxylation sites is 2. The van der Waals surface area contributed by atoms with Gasteiger partial charge in [-0.05, 0) is 55.5 Å². The summed E-state index contributed by atoms with van der Waals surface area (Å²) < 4.78 is 12.2. The molecule has 2 fully saturated rings. The molecule has 4 atom stereocenters. The largest absolute Gasteiger partial charge is 0.485 e. The molecule has 2 aliphatic rings. The van der Waals surface area contributed by atoms with Crippen molar-refractivity contribution < 1.29 is 14.6 Å². The van der Waals surface area contributed by atoms with Crippen molar-refractivity contribution >= 4 is 12.4 Å². The highest BCUT2D eigenvalue weighted by Gasteiger charge is 2.40. The highest BCUT2D eigenvalue weighted by atomic mass is 35.5.